The Morgan fingerprint density at radius 3 is 2.42 bits per heavy atom. The van der Waals surface area contributed by atoms with Crippen molar-refractivity contribution in [1.29, 1.82) is 0 Å². The van der Waals surface area contributed by atoms with Gasteiger partial charge in [0.15, 0.2) is 12.3 Å². The summed E-state index contributed by atoms with van der Waals surface area (Å²) in [6.07, 6.45) is 0.0439. The van der Waals surface area contributed by atoms with Crippen molar-refractivity contribution in [3.8, 4) is 0 Å². The summed E-state index contributed by atoms with van der Waals surface area (Å²) in [5.41, 5.74) is 0.558. The van der Waals surface area contributed by atoms with E-state index < -0.39 is 24.4 Å². The smallest absolute Gasteiger partial charge is 0.359 e. The number of pyridine rings is 1. The Bertz CT molecular complexity index is 766. The Labute approximate surface area is 147 Å². The van der Waals surface area contributed by atoms with E-state index in [0.29, 0.717) is 0 Å². The van der Waals surface area contributed by atoms with Crippen LogP contribution in [0.1, 0.15) is 16.1 Å². The number of carbonyl (C=O) groups excluding carboxylic acids is 3. The van der Waals surface area contributed by atoms with Gasteiger partial charge in [-0.2, -0.15) is 0 Å². The minimum absolute atomic E-state index is 0.0439. The molecule has 1 heterocycles. The minimum Gasteiger partial charge on any atom is -0.451 e. The molecule has 0 spiro atoms. The zero-order chi connectivity index (χ0) is 17.5. The number of rotatable bonds is 5. The van der Waals surface area contributed by atoms with Crippen molar-refractivity contribution < 1.29 is 19.1 Å². The highest BCUT2D eigenvalue weighted by Gasteiger charge is 2.17. The molecular weight excluding hydrogens is 355 g/mol. The molecule has 1 aromatic carbocycles. The number of ether oxygens (including phenoxy) is 1. The monoisotopic (exact) mass is 366 g/mol. The van der Waals surface area contributed by atoms with Gasteiger partial charge in [0.2, 0.25) is 5.91 Å². The maximum Gasteiger partial charge on any atom is 0.359 e. The standard InChI is InChI=1S/C16H12Cl2N2O4/c17-11-6-7-12(18)19-15(11)16(23)24-9-14(22)20-13(21)8-10-4-2-1-3-5-10/h1-7H,8-9H2,(H,20,21,22). The summed E-state index contributed by atoms with van der Waals surface area (Å²) >= 11 is 11.5. The fourth-order valence-corrected chi connectivity index (χ4v) is 2.11. The molecular formula is C16H12Cl2N2O4. The van der Waals surface area contributed by atoms with Crippen molar-refractivity contribution in [1.82, 2.24) is 10.3 Å². The van der Waals surface area contributed by atoms with Crippen LogP contribution in [-0.2, 0) is 20.7 Å². The van der Waals surface area contributed by atoms with Crippen LogP contribution in [0.2, 0.25) is 10.2 Å². The molecule has 2 aromatic rings. The van der Waals surface area contributed by atoms with E-state index >= 15 is 0 Å². The van der Waals surface area contributed by atoms with Gasteiger partial charge in [-0.1, -0.05) is 53.5 Å². The van der Waals surface area contributed by atoms with Crippen LogP contribution in [0.15, 0.2) is 42.5 Å². The van der Waals surface area contributed by atoms with Crippen molar-refractivity contribution >= 4 is 41.0 Å². The van der Waals surface area contributed by atoms with Crippen LogP contribution in [-0.4, -0.2) is 29.4 Å². The van der Waals surface area contributed by atoms with E-state index in [9.17, 15) is 14.4 Å². The van der Waals surface area contributed by atoms with Crippen LogP contribution in [0.3, 0.4) is 0 Å². The number of carbonyl (C=O) groups is 3. The highest BCUT2D eigenvalue weighted by molar-refractivity contribution is 6.34. The van der Waals surface area contributed by atoms with Crippen LogP contribution >= 0.6 is 23.2 Å². The largest absolute Gasteiger partial charge is 0.451 e. The summed E-state index contributed by atoms with van der Waals surface area (Å²) in [5, 5.41) is 2.24. The zero-order valence-electron chi connectivity index (χ0n) is 12.3. The molecule has 0 aliphatic rings. The van der Waals surface area contributed by atoms with Gasteiger partial charge >= 0.3 is 5.97 Å². The van der Waals surface area contributed by atoms with Gasteiger partial charge in [-0.05, 0) is 17.7 Å². The van der Waals surface area contributed by atoms with E-state index in [0.717, 1.165) is 5.56 Å². The Morgan fingerprint density at radius 2 is 1.71 bits per heavy atom. The molecule has 1 aromatic heterocycles. The summed E-state index contributed by atoms with van der Waals surface area (Å²) in [5.74, 6) is -2.16. The summed E-state index contributed by atoms with van der Waals surface area (Å²) < 4.78 is 4.77. The minimum atomic E-state index is -0.909. The lowest BCUT2D eigenvalue weighted by Crippen LogP contribution is -2.35. The molecule has 0 aliphatic carbocycles. The molecule has 0 radical (unpaired) electrons. The molecule has 0 atom stereocenters. The number of hydrogen-bond acceptors (Lipinski definition) is 5. The van der Waals surface area contributed by atoms with E-state index in [1.807, 2.05) is 6.07 Å². The third-order valence-electron chi connectivity index (χ3n) is 2.83. The van der Waals surface area contributed by atoms with Gasteiger partial charge in [0.05, 0.1) is 11.4 Å². The van der Waals surface area contributed by atoms with Gasteiger partial charge in [0.1, 0.15) is 5.15 Å². The lowest BCUT2D eigenvalue weighted by molar-refractivity contribution is -0.132. The molecule has 0 unspecified atom stereocenters. The fourth-order valence-electron chi connectivity index (χ4n) is 1.78. The van der Waals surface area contributed by atoms with Gasteiger partial charge < -0.3 is 4.74 Å². The van der Waals surface area contributed by atoms with Crippen LogP contribution in [0.5, 0.6) is 0 Å². The number of halogens is 2. The molecule has 2 rings (SSSR count). The van der Waals surface area contributed by atoms with Gasteiger partial charge in [-0.25, -0.2) is 9.78 Å². The SMILES string of the molecule is O=C(COC(=O)c1nc(Cl)ccc1Cl)NC(=O)Cc1ccccc1. The average molecular weight is 367 g/mol. The average Bonchev–Trinajstić information content (AvgIpc) is 2.55. The molecule has 8 heteroatoms. The number of nitrogens with one attached hydrogen (secondary N) is 1. The van der Waals surface area contributed by atoms with E-state index in [4.69, 9.17) is 27.9 Å². The van der Waals surface area contributed by atoms with E-state index in [1.54, 1.807) is 24.3 Å². The van der Waals surface area contributed by atoms with Gasteiger partial charge in [0.25, 0.3) is 5.91 Å². The fraction of sp³-hybridized carbons (Fsp3) is 0.125. The molecule has 24 heavy (non-hydrogen) atoms. The topological polar surface area (TPSA) is 85.4 Å². The zero-order valence-corrected chi connectivity index (χ0v) is 13.8. The maximum absolute atomic E-state index is 11.8. The van der Waals surface area contributed by atoms with E-state index in [-0.39, 0.29) is 22.3 Å². The van der Waals surface area contributed by atoms with Crippen molar-refractivity contribution in [3.05, 3.63) is 63.9 Å². The molecule has 0 saturated heterocycles. The van der Waals surface area contributed by atoms with Crippen LogP contribution in [0.25, 0.3) is 0 Å². The van der Waals surface area contributed by atoms with Crippen LogP contribution < -0.4 is 5.32 Å². The van der Waals surface area contributed by atoms with E-state index in [1.165, 1.54) is 12.1 Å². The Morgan fingerprint density at radius 1 is 1.00 bits per heavy atom. The molecule has 0 saturated carbocycles. The highest BCUT2D eigenvalue weighted by atomic mass is 35.5. The first-order valence-electron chi connectivity index (χ1n) is 6.81. The maximum atomic E-state index is 11.8. The molecule has 0 aliphatic heterocycles. The second-order valence-electron chi connectivity index (χ2n) is 4.67. The van der Waals surface area contributed by atoms with Gasteiger partial charge in [-0.3, -0.25) is 14.9 Å². The molecule has 0 fully saturated rings. The number of benzene rings is 1. The van der Waals surface area contributed by atoms with Crippen molar-refractivity contribution in [2.45, 2.75) is 6.42 Å². The van der Waals surface area contributed by atoms with Crippen LogP contribution in [0, 0.1) is 0 Å². The normalized spacial score (nSPS) is 10.1. The van der Waals surface area contributed by atoms with Crippen LogP contribution in [0.4, 0.5) is 0 Å². The first-order chi connectivity index (χ1) is 11.5. The number of imide groups is 1. The molecule has 124 valence electrons. The number of aromatic nitrogens is 1. The van der Waals surface area contributed by atoms with Crippen molar-refractivity contribution in [2.24, 2.45) is 0 Å². The molecule has 2 amide bonds. The second kappa shape index (κ2) is 8.42. The third-order valence-corrected chi connectivity index (χ3v) is 3.34. The van der Waals surface area contributed by atoms with Crippen molar-refractivity contribution in [3.63, 3.8) is 0 Å². The first kappa shape index (κ1) is 17.9. The summed E-state index contributed by atoms with van der Waals surface area (Å²) in [7, 11) is 0. The third kappa shape index (κ3) is 5.33. The van der Waals surface area contributed by atoms with Gasteiger partial charge in [-0.15, -0.1) is 0 Å². The number of nitrogens with zero attached hydrogens (tertiary/aromatic N) is 1. The predicted molar refractivity (Wildman–Crippen MR) is 87.8 cm³/mol. The summed E-state index contributed by atoms with van der Waals surface area (Å²) in [6, 6.07) is 11.7. The van der Waals surface area contributed by atoms with Gasteiger partial charge in [0, 0.05) is 0 Å². The summed E-state index contributed by atoms with van der Waals surface area (Å²) in [6.45, 7) is -0.635. The Hall–Kier alpha value is -2.44. The molecule has 0 bridgehead atoms. The second-order valence-corrected chi connectivity index (χ2v) is 5.47. The van der Waals surface area contributed by atoms with Crippen molar-refractivity contribution in [2.75, 3.05) is 6.61 Å². The van der Waals surface area contributed by atoms with E-state index in [2.05, 4.69) is 10.3 Å². The molecule has 6 nitrogen and oxygen atoms in total. The number of amides is 2. The quantitative estimate of drug-likeness (QED) is 0.648. The lowest BCUT2D eigenvalue weighted by Gasteiger charge is -2.06. The number of hydrogen-bond donors (Lipinski definition) is 1. The first-order valence-corrected chi connectivity index (χ1v) is 7.57. The lowest BCUT2D eigenvalue weighted by atomic mass is 10.1. The summed E-state index contributed by atoms with van der Waals surface area (Å²) in [4.78, 5) is 38.9. The molecule has 1 N–H and O–H groups in total. The highest BCUT2D eigenvalue weighted by Crippen LogP contribution is 2.17. The number of esters is 1. The predicted octanol–water partition coefficient (Wildman–Crippen LogP) is 2.43. The Balaban J connectivity index is 1.83. The Kier molecular flexibility index (Phi) is 6.28.